The maximum atomic E-state index is 12.6. The molecule has 0 unspecified atom stereocenters. The number of imide groups is 2. The van der Waals surface area contributed by atoms with Gasteiger partial charge in [0.2, 0.25) is 5.52 Å². The number of fused-ring (bicyclic) bond motifs is 3. The molecule has 0 saturated carbocycles. The highest BCUT2D eigenvalue weighted by molar-refractivity contribution is 8.01. The molecule has 2 aliphatic rings. The van der Waals surface area contributed by atoms with Crippen LogP contribution in [-0.4, -0.2) is 65.2 Å². The smallest absolute Gasteiger partial charge is 0.298 e. The van der Waals surface area contributed by atoms with Crippen LogP contribution in [0.3, 0.4) is 0 Å². The Morgan fingerprint density at radius 3 is 1.56 bits per heavy atom. The third-order valence-corrected chi connectivity index (χ3v) is 13.0. The summed E-state index contributed by atoms with van der Waals surface area (Å²) in [5, 5.41) is 0. The number of thioether (sulfide) groups is 1. The topological polar surface area (TPSA) is 136 Å². The van der Waals surface area contributed by atoms with Crippen molar-refractivity contribution in [2.45, 2.75) is 74.1 Å². The fourth-order valence-electron chi connectivity index (χ4n) is 6.70. The second kappa shape index (κ2) is 18.3. The molecule has 4 aromatic carbocycles. The first-order valence-corrected chi connectivity index (χ1v) is 21.7. The standard InChI is InChI=1S/C35H36N3O4S2.C7H8O3S/c39-31-25-15-5-6-16-26(25)32(40)37(31)22-12-2-1-11-21-36-29-19-9-10-20-30(29)44-35(36)43-24-14-4-3-13-23-38-33(41)27-17-7-8-18-28(27)34(38)42;1-6-2-4-7(5-3-6)11(8,9)10/h5-10,15-20H,1-4,11-14,21-24H2;2-5H,1H3,(H,8,9,10)/q+1;/p-1. The summed E-state index contributed by atoms with van der Waals surface area (Å²) in [4.78, 5) is 52.9. The van der Waals surface area contributed by atoms with Gasteiger partial charge in [0.15, 0.2) is 6.54 Å². The fourth-order valence-corrected chi connectivity index (χ4v) is 9.71. The van der Waals surface area contributed by atoms with Crippen molar-refractivity contribution in [1.29, 1.82) is 0 Å². The van der Waals surface area contributed by atoms with E-state index >= 15 is 0 Å². The highest BCUT2D eigenvalue weighted by Gasteiger charge is 2.35. The number of carbonyl (C=O) groups excluding carboxylic acids is 4. The molecule has 286 valence electrons. The zero-order chi connectivity index (χ0) is 39.0. The minimum absolute atomic E-state index is 0.168. The highest BCUT2D eigenvalue weighted by atomic mass is 32.2. The van der Waals surface area contributed by atoms with Gasteiger partial charge in [-0.3, -0.25) is 29.0 Å². The molecular weight excluding hydrogens is 755 g/mol. The molecule has 0 spiro atoms. The Hall–Kier alpha value is -4.69. The van der Waals surface area contributed by atoms with E-state index in [4.69, 9.17) is 0 Å². The average molecular weight is 798 g/mol. The number of hydrogen-bond acceptors (Lipinski definition) is 9. The van der Waals surface area contributed by atoms with Crippen molar-refractivity contribution in [2.24, 2.45) is 0 Å². The number of aryl methyl sites for hydroxylation is 2. The van der Waals surface area contributed by atoms with Gasteiger partial charge in [-0.05, 0) is 86.8 Å². The Morgan fingerprint density at radius 1 is 0.600 bits per heavy atom. The number of para-hydroxylation sites is 1. The molecule has 13 heteroatoms. The molecule has 2 aliphatic heterocycles. The van der Waals surface area contributed by atoms with Crippen LogP contribution < -0.4 is 4.57 Å². The molecule has 0 atom stereocenters. The molecule has 0 radical (unpaired) electrons. The summed E-state index contributed by atoms with van der Waals surface area (Å²) in [5.74, 6) is 0.349. The normalized spacial score (nSPS) is 13.7. The monoisotopic (exact) mass is 797 g/mol. The third kappa shape index (κ3) is 9.58. The van der Waals surface area contributed by atoms with Crippen LogP contribution in [0.2, 0.25) is 0 Å². The quantitative estimate of drug-likeness (QED) is 0.0324. The van der Waals surface area contributed by atoms with Crippen LogP contribution in [0.15, 0.2) is 106 Å². The zero-order valence-corrected chi connectivity index (χ0v) is 33.1. The van der Waals surface area contributed by atoms with Gasteiger partial charge in [0.1, 0.15) is 14.8 Å². The van der Waals surface area contributed by atoms with E-state index in [1.165, 1.54) is 36.5 Å². The highest BCUT2D eigenvalue weighted by Crippen LogP contribution is 2.30. The van der Waals surface area contributed by atoms with E-state index in [0.29, 0.717) is 35.3 Å². The Kier molecular flexibility index (Phi) is 13.3. The Bertz CT molecular complexity index is 2230. The van der Waals surface area contributed by atoms with E-state index in [1.807, 2.05) is 30.0 Å². The lowest BCUT2D eigenvalue weighted by Crippen LogP contribution is -2.34. The van der Waals surface area contributed by atoms with Gasteiger partial charge in [0.05, 0.1) is 27.1 Å². The van der Waals surface area contributed by atoms with Crippen molar-refractivity contribution >= 4 is 67.1 Å². The molecule has 3 heterocycles. The molecule has 0 N–H and O–H groups in total. The summed E-state index contributed by atoms with van der Waals surface area (Å²) in [6, 6.07) is 28.5. The predicted octanol–water partition coefficient (Wildman–Crippen LogP) is 7.89. The molecule has 7 rings (SSSR count). The largest absolute Gasteiger partial charge is 0.744 e. The maximum Gasteiger partial charge on any atom is 0.298 e. The van der Waals surface area contributed by atoms with E-state index in [9.17, 15) is 32.1 Å². The van der Waals surface area contributed by atoms with Gasteiger partial charge < -0.3 is 4.55 Å². The van der Waals surface area contributed by atoms with Gasteiger partial charge in [-0.15, -0.1) is 0 Å². The van der Waals surface area contributed by atoms with Crippen LogP contribution in [0, 0.1) is 6.92 Å². The van der Waals surface area contributed by atoms with E-state index in [0.717, 1.165) is 69.2 Å². The molecule has 0 bridgehead atoms. The molecule has 5 aromatic rings. The molecule has 55 heavy (non-hydrogen) atoms. The van der Waals surface area contributed by atoms with Crippen LogP contribution in [0.25, 0.3) is 10.2 Å². The van der Waals surface area contributed by atoms with Gasteiger partial charge in [-0.25, -0.2) is 8.42 Å². The Morgan fingerprint density at radius 2 is 1.05 bits per heavy atom. The van der Waals surface area contributed by atoms with Crippen LogP contribution >= 0.6 is 23.1 Å². The van der Waals surface area contributed by atoms with Crippen LogP contribution in [0.1, 0.15) is 98.4 Å². The summed E-state index contributed by atoms with van der Waals surface area (Å²) in [6.07, 6.45) is 7.82. The number of aromatic nitrogens is 1. The van der Waals surface area contributed by atoms with Crippen LogP contribution in [-0.2, 0) is 16.7 Å². The molecule has 0 aliphatic carbocycles. The minimum Gasteiger partial charge on any atom is -0.744 e. The Balaban J connectivity index is 0.000000403. The van der Waals surface area contributed by atoms with Gasteiger partial charge in [0.25, 0.3) is 28.0 Å². The maximum absolute atomic E-state index is 12.6. The minimum atomic E-state index is -4.27. The lowest BCUT2D eigenvalue weighted by Gasteiger charge is -2.13. The number of benzene rings is 4. The number of amides is 4. The Labute approximate surface area is 329 Å². The van der Waals surface area contributed by atoms with Gasteiger partial charge in [-0.1, -0.05) is 84.7 Å². The predicted molar refractivity (Wildman–Crippen MR) is 212 cm³/mol. The SMILES string of the molecule is Cc1ccc(S(=O)(=O)[O-])cc1.O=C1c2ccccc2C(=O)N1CCCCCCSc1sc2ccccc2[n+]1CCCCCCN1C(=O)c2ccccc2C1=O. The fraction of sp³-hybridized carbons (Fsp3) is 0.310. The van der Waals surface area contributed by atoms with E-state index < -0.39 is 10.1 Å². The summed E-state index contributed by atoms with van der Waals surface area (Å²) in [7, 11) is -4.27. The molecule has 10 nitrogen and oxygen atoms in total. The van der Waals surface area contributed by atoms with Crippen molar-refractivity contribution in [3.63, 3.8) is 0 Å². The molecule has 1 aromatic heterocycles. The number of carbonyl (C=O) groups is 4. The summed E-state index contributed by atoms with van der Waals surface area (Å²) in [6.45, 7) is 3.72. The van der Waals surface area contributed by atoms with Crippen molar-refractivity contribution < 1.29 is 36.7 Å². The molecule has 0 saturated heterocycles. The number of thiazole rings is 1. The van der Waals surface area contributed by atoms with E-state index in [1.54, 1.807) is 60.7 Å². The number of unbranched alkanes of at least 4 members (excludes halogenated alkanes) is 6. The van der Waals surface area contributed by atoms with Crippen molar-refractivity contribution in [1.82, 2.24) is 9.80 Å². The van der Waals surface area contributed by atoms with Crippen molar-refractivity contribution in [2.75, 3.05) is 18.8 Å². The number of nitrogens with zero attached hydrogens (tertiary/aromatic N) is 3. The number of rotatable bonds is 16. The van der Waals surface area contributed by atoms with E-state index in [-0.39, 0.29) is 28.5 Å². The lowest BCUT2D eigenvalue weighted by atomic mass is 10.1. The molecular formula is C42H43N3O7S3. The van der Waals surface area contributed by atoms with Gasteiger partial charge in [-0.2, -0.15) is 4.57 Å². The van der Waals surface area contributed by atoms with Gasteiger partial charge in [0, 0.05) is 31.3 Å². The third-order valence-electron chi connectivity index (χ3n) is 9.65. The zero-order valence-electron chi connectivity index (χ0n) is 30.6. The van der Waals surface area contributed by atoms with Crippen LogP contribution in [0.4, 0.5) is 0 Å². The lowest BCUT2D eigenvalue weighted by molar-refractivity contribution is -0.702. The summed E-state index contributed by atoms with van der Waals surface area (Å²) >= 11 is 3.75. The van der Waals surface area contributed by atoms with E-state index in [2.05, 4.69) is 28.8 Å². The summed E-state index contributed by atoms with van der Waals surface area (Å²) < 4.78 is 36.2. The number of hydrogen-bond donors (Lipinski definition) is 0. The first-order valence-electron chi connectivity index (χ1n) is 18.5. The van der Waals surface area contributed by atoms with Crippen LogP contribution in [0.5, 0.6) is 0 Å². The van der Waals surface area contributed by atoms with Gasteiger partial charge >= 0.3 is 0 Å². The first kappa shape index (κ1) is 40.0. The molecule has 4 amide bonds. The van der Waals surface area contributed by atoms with Crippen molar-refractivity contribution in [3.05, 3.63) is 125 Å². The average Bonchev–Trinajstić information content (AvgIpc) is 3.75. The molecule has 0 fully saturated rings. The summed E-state index contributed by atoms with van der Waals surface area (Å²) in [5.41, 5.74) is 4.28. The van der Waals surface area contributed by atoms with Crippen molar-refractivity contribution in [3.8, 4) is 0 Å². The second-order valence-corrected chi connectivity index (χ2v) is 17.3. The second-order valence-electron chi connectivity index (χ2n) is 13.5. The first-order chi connectivity index (χ1) is 26.5.